The zero-order valence-corrected chi connectivity index (χ0v) is 11.9. The van der Waals surface area contributed by atoms with Crippen LogP contribution in [0.2, 0.25) is 0 Å². The number of benzene rings is 1. The fraction of sp³-hybridized carbons (Fsp3) is 0.176. The summed E-state index contributed by atoms with van der Waals surface area (Å²) in [6.07, 6.45) is 1.88. The number of esters is 1. The molecule has 0 saturated heterocycles. The maximum atomic E-state index is 12.3. The minimum atomic E-state index is -0.341. The number of nitrogens with zero attached hydrogens (tertiary/aromatic N) is 1. The minimum absolute atomic E-state index is 0.000431. The molecule has 4 heteroatoms. The average molecular weight is 281 g/mol. The van der Waals surface area contributed by atoms with Crippen LogP contribution in [-0.2, 0) is 4.74 Å². The number of carbonyl (C=O) groups excluding carboxylic acids is 2. The number of carbonyl (C=O) groups is 2. The van der Waals surface area contributed by atoms with E-state index in [1.54, 1.807) is 13.0 Å². The maximum absolute atomic E-state index is 12.3. The number of rotatable bonds is 3. The molecule has 1 aromatic carbocycles. The Hall–Kier alpha value is -2.62. The fourth-order valence-electron chi connectivity index (χ4n) is 2.57. The van der Waals surface area contributed by atoms with Gasteiger partial charge in [0.25, 0.3) is 0 Å². The highest BCUT2D eigenvalue weighted by Gasteiger charge is 2.19. The predicted molar refractivity (Wildman–Crippen MR) is 80.9 cm³/mol. The Morgan fingerprint density at radius 3 is 2.67 bits per heavy atom. The lowest BCUT2D eigenvalue weighted by Crippen LogP contribution is -2.04. The van der Waals surface area contributed by atoms with Gasteiger partial charge in [-0.2, -0.15) is 0 Å². The molecule has 0 atom stereocenters. The molecule has 0 radical (unpaired) electrons. The average Bonchev–Trinajstić information content (AvgIpc) is 2.81. The van der Waals surface area contributed by atoms with Crippen molar-refractivity contribution in [1.29, 1.82) is 0 Å². The van der Waals surface area contributed by atoms with Gasteiger partial charge < -0.3 is 9.14 Å². The molecule has 0 spiro atoms. The molecule has 0 saturated carbocycles. The highest BCUT2D eigenvalue weighted by molar-refractivity contribution is 6.12. The van der Waals surface area contributed by atoms with Crippen molar-refractivity contribution >= 4 is 28.2 Å². The van der Waals surface area contributed by atoms with Crippen LogP contribution < -0.4 is 0 Å². The topological polar surface area (TPSA) is 47.8 Å². The van der Waals surface area contributed by atoms with Gasteiger partial charge in [-0.1, -0.05) is 18.2 Å². The monoisotopic (exact) mass is 281 g/mol. The number of fused-ring (bicyclic) bond motifs is 3. The van der Waals surface area contributed by atoms with E-state index in [1.165, 1.54) is 6.92 Å². The van der Waals surface area contributed by atoms with E-state index in [0.717, 1.165) is 16.4 Å². The number of Topliss-reactive ketones (excluding diaryl/α,β-unsaturated/α-hetero) is 1. The van der Waals surface area contributed by atoms with Gasteiger partial charge in [0.2, 0.25) is 0 Å². The van der Waals surface area contributed by atoms with Gasteiger partial charge >= 0.3 is 5.97 Å². The molecule has 106 valence electrons. The second-order valence-electron chi connectivity index (χ2n) is 4.84. The minimum Gasteiger partial charge on any atom is -0.462 e. The molecule has 0 aliphatic heterocycles. The first kappa shape index (κ1) is 13.4. The van der Waals surface area contributed by atoms with Gasteiger partial charge in [0, 0.05) is 17.1 Å². The summed E-state index contributed by atoms with van der Waals surface area (Å²) in [5.74, 6) is -0.341. The van der Waals surface area contributed by atoms with E-state index in [0.29, 0.717) is 17.7 Å². The van der Waals surface area contributed by atoms with Crippen molar-refractivity contribution in [3.8, 4) is 0 Å². The van der Waals surface area contributed by atoms with E-state index in [-0.39, 0.29) is 11.8 Å². The third kappa shape index (κ3) is 2.09. The van der Waals surface area contributed by atoms with E-state index in [9.17, 15) is 9.59 Å². The lowest BCUT2D eigenvalue weighted by molar-refractivity contribution is 0.0531. The van der Waals surface area contributed by atoms with E-state index in [2.05, 4.69) is 0 Å². The Kier molecular flexibility index (Phi) is 3.22. The van der Waals surface area contributed by atoms with Gasteiger partial charge in [-0.05, 0) is 32.0 Å². The smallest absolute Gasteiger partial charge is 0.340 e. The van der Waals surface area contributed by atoms with Gasteiger partial charge in [-0.15, -0.1) is 0 Å². The molecular weight excluding hydrogens is 266 g/mol. The molecular formula is C17H15NO3. The Morgan fingerprint density at radius 2 is 1.95 bits per heavy atom. The zero-order chi connectivity index (χ0) is 15.0. The molecule has 2 aromatic heterocycles. The summed E-state index contributed by atoms with van der Waals surface area (Å²) in [5.41, 5.74) is 2.79. The van der Waals surface area contributed by atoms with Crippen LogP contribution in [0.5, 0.6) is 0 Å². The molecule has 3 rings (SSSR count). The number of ketones is 1. The van der Waals surface area contributed by atoms with Crippen molar-refractivity contribution in [3.63, 3.8) is 0 Å². The molecule has 0 aliphatic carbocycles. The van der Waals surface area contributed by atoms with Gasteiger partial charge in [0.1, 0.15) is 0 Å². The van der Waals surface area contributed by atoms with Crippen LogP contribution in [0.1, 0.15) is 34.6 Å². The Bertz CT molecular complexity index is 861. The largest absolute Gasteiger partial charge is 0.462 e. The lowest BCUT2D eigenvalue weighted by atomic mass is 10.1. The highest BCUT2D eigenvalue weighted by atomic mass is 16.5. The number of hydrogen-bond donors (Lipinski definition) is 0. The van der Waals surface area contributed by atoms with Gasteiger partial charge in [0.05, 0.1) is 23.2 Å². The molecule has 4 nitrogen and oxygen atoms in total. The van der Waals surface area contributed by atoms with Gasteiger partial charge in [0.15, 0.2) is 5.78 Å². The molecule has 21 heavy (non-hydrogen) atoms. The summed E-state index contributed by atoms with van der Waals surface area (Å²) in [4.78, 5) is 23.8. The normalized spacial score (nSPS) is 11.0. The summed E-state index contributed by atoms with van der Waals surface area (Å²) in [7, 11) is 0. The Labute approximate surface area is 121 Å². The van der Waals surface area contributed by atoms with E-state index < -0.39 is 0 Å². The summed E-state index contributed by atoms with van der Waals surface area (Å²) in [5, 5.41) is 0.796. The van der Waals surface area contributed by atoms with E-state index in [1.807, 2.05) is 40.9 Å². The first-order valence-electron chi connectivity index (χ1n) is 6.84. The summed E-state index contributed by atoms with van der Waals surface area (Å²) < 4.78 is 7.07. The second-order valence-corrected chi connectivity index (χ2v) is 4.84. The molecule has 3 aromatic rings. The van der Waals surface area contributed by atoms with Crippen LogP contribution in [0.4, 0.5) is 0 Å². The van der Waals surface area contributed by atoms with E-state index in [4.69, 9.17) is 4.74 Å². The van der Waals surface area contributed by atoms with Crippen LogP contribution in [-0.4, -0.2) is 22.8 Å². The summed E-state index contributed by atoms with van der Waals surface area (Å²) >= 11 is 0. The highest BCUT2D eigenvalue weighted by Crippen LogP contribution is 2.28. The third-order valence-corrected chi connectivity index (χ3v) is 3.53. The SMILES string of the molecule is CCOC(=O)c1c2ccc(C(C)=O)cc2n2ccccc12. The summed E-state index contributed by atoms with van der Waals surface area (Å²) in [6.45, 7) is 3.64. The number of ether oxygens (including phenoxy) is 1. The van der Waals surface area contributed by atoms with Crippen molar-refractivity contribution in [1.82, 2.24) is 4.40 Å². The molecule has 0 bridgehead atoms. The van der Waals surface area contributed by atoms with Crippen LogP contribution in [0.15, 0.2) is 42.6 Å². The van der Waals surface area contributed by atoms with Crippen molar-refractivity contribution < 1.29 is 14.3 Å². The Balaban J connectivity index is 2.39. The zero-order valence-electron chi connectivity index (χ0n) is 11.9. The first-order chi connectivity index (χ1) is 10.1. The van der Waals surface area contributed by atoms with Crippen molar-refractivity contribution in [2.45, 2.75) is 13.8 Å². The second kappa shape index (κ2) is 5.05. The molecule has 0 fully saturated rings. The standard InChI is InChI=1S/C17H15NO3/c1-3-21-17(20)16-13-8-7-12(11(2)19)10-15(13)18-9-5-4-6-14(16)18/h4-10H,3H2,1-2H3. The van der Waals surface area contributed by atoms with Gasteiger partial charge in [-0.3, -0.25) is 4.79 Å². The van der Waals surface area contributed by atoms with E-state index >= 15 is 0 Å². The molecule has 2 heterocycles. The van der Waals surface area contributed by atoms with Gasteiger partial charge in [-0.25, -0.2) is 4.79 Å². The van der Waals surface area contributed by atoms with Crippen molar-refractivity contribution in [3.05, 3.63) is 53.7 Å². The molecule has 0 amide bonds. The van der Waals surface area contributed by atoms with Crippen LogP contribution in [0, 0.1) is 0 Å². The van der Waals surface area contributed by atoms with Crippen LogP contribution >= 0.6 is 0 Å². The number of aromatic nitrogens is 1. The molecule has 0 N–H and O–H groups in total. The van der Waals surface area contributed by atoms with Crippen LogP contribution in [0.3, 0.4) is 0 Å². The van der Waals surface area contributed by atoms with Crippen molar-refractivity contribution in [2.24, 2.45) is 0 Å². The quantitative estimate of drug-likeness (QED) is 0.545. The number of pyridine rings is 1. The summed E-state index contributed by atoms with van der Waals surface area (Å²) in [6, 6.07) is 11.0. The molecule has 0 aliphatic rings. The lowest BCUT2D eigenvalue weighted by Gasteiger charge is -2.01. The first-order valence-corrected chi connectivity index (χ1v) is 6.84. The van der Waals surface area contributed by atoms with Crippen LogP contribution in [0.25, 0.3) is 16.4 Å². The predicted octanol–water partition coefficient (Wildman–Crippen LogP) is 3.47. The van der Waals surface area contributed by atoms with Crippen molar-refractivity contribution in [2.75, 3.05) is 6.61 Å². The Morgan fingerprint density at radius 1 is 1.14 bits per heavy atom. The fourth-order valence-corrected chi connectivity index (χ4v) is 2.57. The third-order valence-electron chi connectivity index (χ3n) is 3.53. The number of hydrogen-bond acceptors (Lipinski definition) is 3. The maximum Gasteiger partial charge on any atom is 0.340 e. The molecule has 0 unspecified atom stereocenters.